The van der Waals surface area contributed by atoms with Gasteiger partial charge in [-0.1, -0.05) is 6.92 Å². The van der Waals surface area contributed by atoms with Gasteiger partial charge in [0.15, 0.2) is 0 Å². The van der Waals surface area contributed by atoms with Crippen LogP contribution >= 0.6 is 0 Å². The fraction of sp³-hybridized carbons (Fsp3) is 0.692. The van der Waals surface area contributed by atoms with E-state index in [1.54, 1.807) is 17.1 Å². The van der Waals surface area contributed by atoms with E-state index in [2.05, 4.69) is 10.4 Å². The predicted molar refractivity (Wildman–Crippen MR) is 70.4 cm³/mol. The van der Waals surface area contributed by atoms with E-state index < -0.39 is 0 Å². The Balaban J connectivity index is 2.55. The van der Waals surface area contributed by atoms with Crippen LogP contribution in [0.5, 0.6) is 0 Å². The molecule has 5 heteroatoms. The minimum atomic E-state index is -0.122. The number of nitrogens with one attached hydrogen (secondary N) is 1. The van der Waals surface area contributed by atoms with Crippen LogP contribution in [0.15, 0.2) is 12.4 Å². The van der Waals surface area contributed by atoms with E-state index in [0.717, 1.165) is 0 Å². The van der Waals surface area contributed by atoms with Crippen LogP contribution < -0.4 is 5.32 Å². The average Bonchev–Trinajstić information content (AvgIpc) is 2.75. The lowest BCUT2D eigenvalue weighted by molar-refractivity contribution is 0.0945. The van der Waals surface area contributed by atoms with Crippen LogP contribution in [0.25, 0.3) is 0 Å². The molecule has 0 aromatic carbocycles. The van der Waals surface area contributed by atoms with Gasteiger partial charge in [-0.2, -0.15) is 5.10 Å². The Morgan fingerprint density at radius 1 is 1.56 bits per heavy atom. The minimum Gasteiger partial charge on any atom is -0.396 e. The van der Waals surface area contributed by atoms with Crippen molar-refractivity contribution in [1.82, 2.24) is 15.1 Å². The van der Waals surface area contributed by atoms with Crippen LogP contribution in [0.1, 0.15) is 44.5 Å². The number of carbonyl (C=O) groups is 1. The summed E-state index contributed by atoms with van der Waals surface area (Å²) in [6.45, 7) is 8.81. The maximum absolute atomic E-state index is 11.9. The second kappa shape index (κ2) is 6.00. The lowest BCUT2D eigenvalue weighted by atomic mass is 10.1. The highest BCUT2D eigenvalue weighted by molar-refractivity contribution is 5.93. The number of aliphatic hydroxyl groups excluding tert-OH is 1. The molecule has 5 nitrogen and oxygen atoms in total. The lowest BCUT2D eigenvalue weighted by Gasteiger charge is -2.18. The number of aromatic nitrogens is 2. The van der Waals surface area contributed by atoms with Crippen molar-refractivity contribution in [2.75, 3.05) is 13.2 Å². The molecule has 1 heterocycles. The Hall–Kier alpha value is -1.36. The molecule has 0 spiro atoms. The van der Waals surface area contributed by atoms with Crippen molar-refractivity contribution in [2.45, 2.75) is 39.7 Å². The first-order chi connectivity index (χ1) is 8.34. The zero-order chi connectivity index (χ0) is 13.8. The summed E-state index contributed by atoms with van der Waals surface area (Å²) in [6.07, 6.45) is 4.03. The van der Waals surface area contributed by atoms with Crippen LogP contribution in [0, 0.1) is 5.92 Å². The predicted octanol–water partition coefficient (Wildman–Crippen LogP) is 1.39. The van der Waals surface area contributed by atoms with Crippen LogP contribution in [0.2, 0.25) is 0 Å². The Bertz CT molecular complexity index is 393. The van der Waals surface area contributed by atoms with E-state index in [9.17, 15) is 4.79 Å². The van der Waals surface area contributed by atoms with Crippen LogP contribution in [-0.2, 0) is 5.54 Å². The fourth-order valence-electron chi connectivity index (χ4n) is 1.50. The number of hydrogen-bond donors (Lipinski definition) is 2. The number of carbonyl (C=O) groups excluding carboxylic acids is 1. The summed E-state index contributed by atoms with van der Waals surface area (Å²) in [5.41, 5.74) is 0.448. The highest BCUT2D eigenvalue weighted by Gasteiger charge is 2.16. The van der Waals surface area contributed by atoms with Gasteiger partial charge in [-0.3, -0.25) is 9.48 Å². The first kappa shape index (κ1) is 14.7. The molecule has 0 aliphatic carbocycles. The van der Waals surface area contributed by atoms with Crippen molar-refractivity contribution in [3.05, 3.63) is 18.0 Å². The Labute approximate surface area is 108 Å². The number of rotatable bonds is 5. The van der Waals surface area contributed by atoms with Crippen LogP contribution in [-0.4, -0.2) is 33.9 Å². The third-order valence-corrected chi connectivity index (χ3v) is 2.77. The first-order valence-corrected chi connectivity index (χ1v) is 6.29. The third kappa shape index (κ3) is 4.14. The largest absolute Gasteiger partial charge is 0.396 e. The molecule has 0 radical (unpaired) electrons. The zero-order valence-corrected chi connectivity index (χ0v) is 11.6. The van der Waals surface area contributed by atoms with Crippen molar-refractivity contribution in [3.8, 4) is 0 Å². The molecule has 0 saturated carbocycles. The van der Waals surface area contributed by atoms with E-state index in [1.165, 1.54) is 0 Å². The zero-order valence-electron chi connectivity index (χ0n) is 11.6. The Morgan fingerprint density at radius 3 is 2.72 bits per heavy atom. The normalized spacial score (nSPS) is 13.4. The van der Waals surface area contributed by atoms with Crippen LogP contribution in [0.3, 0.4) is 0 Å². The standard InChI is InChI=1S/C13H23N3O2/c1-10(5-6-17)7-14-12(18)11-8-15-16(9-11)13(2,3)4/h8-10,17H,5-7H2,1-4H3,(H,14,18). The number of amides is 1. The molecule has 2 N–H and O–H groups in total. The SMILES string of the molecule is CC(CCO)CNC(=O)c1cnn(C(C)(C)C)c1. The van der Waals surface area contributed by atoms with Gasteiger partial charge in [0.25, 0.3) is 5.91 Å². The number of nitrogens with zero attached hydrogens (tertiary/aromatic N) is 2. The Morgan fingerprint density at radius 2 is 2.22 bits per heavy atom. The number of hydrogen-bond acceptors (Lipinski definition) is 3. The second-order valence-electron chi connectivity index (χ2n) is 5.67. The second-order valence-corrected chi connectivity index (χ2v) is 5.67. The molecule has 1 unspecified atom stereocenters. The molecule has 1 atom stereocenters. The van der Waals surface area contributed by atoms with Gasteiger partial charge < -0.3 is 10.4 Å². The maximum atomic E-state index is 11.9. The summed E-state index contributed by atoms with van der Waals surface area (Å²) in [5, 5.41) is 15.8. The van der Waals surface area contributed by atoms with Crippen molar-refractivity contribution < 1.29 is 9.90 Å². The maximum Gasteiger partial charge on any atom is 0.254 e. The highest BCUT2D eigenvalue weighted by Crippen LogP contribution is 2.13. The monoisotopic (exact) mass is 253 g/mol. The van der Waals surface area contributed by atoms with E-state index in [0.29, 0.717) is 18.5 Å². The summed E-state index contributed by atoms with van der Waals surface area (Å²) in [4.78, 5) is 11.9. The van der Waals surface area contributed by atoms with Crippen LogP contribution in [0.4, 0.5) is 0 Å². The molecule has 0 fully saturated rings. The third-order valence-electron chi connectivity index (χ3n) is 2.77. The van der Waals surface area contributed by atoms with Crippen molar-refractivity contribution >= 4 is 5.91 Å². The quantitative estimate of drug-likeness (QED) is 0.833. The summed E-state index contributed by atoms with van der Waals surface area (Å²) >= 11 is 0. The topological polar surface area (TPSA) is 67.2 Å². The molecule has 0 bridgehead atoms. The molecule has 102 valence electrons. The highest BCUT2D eigenvalue weighted by atomic mass is 16.3. The summed E-state index contributed by atoms with van der Waals surface area (Å²) in [7, 11) is 0. The first-order valence-electron chi connectivity index (χ1n) is 6.29. The van der Waals surface area contributed by atoms with E-state index >= 15 is 0 Å². The van der Waals surface area contributed by atoms with Gasteiger partial charge in [-0.15, -0.1) is 0 Å². The van der Waals surface area contributed by atoms with Gasteiger partial charge in [0.1, 0.15) is 0 Å². The van der Waals surface area contributed by atoms with E-state index in [1.807, 2.05) is 27.7 Å². The minimum absolute atomic E-state index is 0.115. The molecule has 1 aromatic rings. The van der Waals surface area contributed by atoms with Gasteiger partial charge in [-0.05, 0) is 33.1 Å². The Kier molecular flexibility index (Phi) is 4.90. The van der Waals surface area contributed by atoms with Gasteiger partial charge in [0.2, 0.25) is 0 Å². The van der Waals surface area contributed by atoms with E-state index in [-0.39, 0.29) is 24.0 Å². The fourth-order valence-corrected chi connectivity index (χ4v) is 1.50. The molecule has 1 amide bonds. The van der Waals surface area contributed by atoms with Crippen molar-refractivity contribution in [3.63, 3.8) is 0 Å². The lowest BCUT2D eigenvalue weighted by Crippen LogP contribution is -2.28. The number of aliphatic hydroxyl groups is 1. The molecule has 18 heavy (non-hydrogen) atoms. The molecule has 1 rings (SSSR count). The molecule has 0 aliphatic heterocycles. The summed E-state index contributed by atoms with van der Waals surface area (Å²) < 4.78 is 1.78. The molecule has 1 aromatic heterocycles. The summed E-state index contributed by atoms with van der Waals surface area (Å²) in [6, 6.07) is 0. The molecule has 0 saturated heterocycles. The average molecular weight is 253 g/mol. The van der Waals surface area contributed by atoms with Gasteiger partial charge in [0, 0.05) is 19.3 Å². The molecular formula is C13H23N3O2. The summed E-state index contributed by atoms with van der Waals surface area (Å²) in [5.74, 6) is 0.159. The molecular weight excluding hydrogens is 230 g/mol. The smallest absolute Gasteiger partial charge is 0.254 e. The van der Waals surface area contributed by atoms with Crippen molar-refractivity contribution in [2.24, 2.45) is 5.92 Å². The van der Waals surface area contributed by atoms with Gasteiger partial charge in [0.05, 0.1) is 17.3 Å². The van der Waals surface area contributed by atoms with Gasteiger partial charge >= 0.3 is 0 Å². The van der Waals surface area contributed by atoms with E-state index in [4.69, 9.17) is 5.11 Å². The molecule has 0 aliphatic rings. The van der Waals surface area contributed by atoms with Crippen molar-refractivity contribution in [1.29, 1.82) is 0 Å². The van der Waals surface area contributed by atoms with Gasteiger partial charge in [-0.25, -0.2) is 0 Å².